The Morgan fingerprint density at radius 2 is 2.05 bits per heavy atom. The van der Waals surface area contributed by atoms with E-state index in [9.17, 15) is 4.79 Å². The molecule has 4 nitrogen and oxygen atoms in total. The van der Waals surface area contributed by atoms with Gasteiger partial charge in [-0.15, -0.1) is 0 Å². The molecule has 2 aromatic rings. The van der Waals surface area contributed by atoms with Gasteiger partial charge < -0.3 is 11.1 Å². The molecule has 3 N–H and O–H groups in total. The molecule has 0 aliphatic rings. The fourth-order valence-electron chi connectivity index (χ4n) is 1.57. The van der Waals surface area contributed by atoms with Crippen LogP contribution in [0.1, 0.15) is 16.1 Å². The molecular weight excluding hydrogens is 365 g/mol. The van der Waals surface area contributed by atoms with Crippen molar-refractivity contribution >= 4 is 56.5 Å². The van der Waals surface area contributed by atoms with Gasteiger partial charge in [-0.05, 0) is 47.1 Å². The number of nitrogen functional groups attached to an aromatic ring is 1. The van der Waals surface area contributed by atoms with Crippen molar-refractivity contribution in [1.29, 1.82) is 0 Å². The van der Waals surface area contributed by atoms with E-state index in [0.717, 1.165) is 10.2 Å². The molecule has 0 bridgehead atoms. The van der Waals surface area contributed by atoms with Crippen molar-refractivity contribution in [3.05, 3.63) is 50.0 Å². The van der Waals surface area contributed by atoms with Gasteiger partial charge in [0, 0.05) is 10.2 Å². The Morgan fingerprint density at radius 3 is 2.70 bits per heavy atom. The van der Waals surface area contributed by atoms with Gasteiger partial charge in [-0.2, -0.15) is 0 Å². The number of aryl methyl sites for hydroxylation is 1. The smallest absolute Gasteiger partial charge is 0.258 e. The maximum Gasteiger partial charge on any atom is 0.258 e. The zero-order valence-electron chi connectivity index (χ0n) is 10.4. The number of rotatable bonds is 2. The Balaban J connectivity index is 2.30. The number of pyridine rings is 1. The first-order chi connectivity index (χ1) is 9.38. The highest BCUT2D eigenvalue weighted by Gasteiger charge is 2.15. The lowest BCUT2D eigenvalue weighted by Crippen LogP contribution is -2.14. The lowest BCUT2D eigenvalue weighted by atomic mass is 10.2. The van der Waals surface area contributed by atoms with E-state index in [4.69, 9.17) is 28.9 Å². The molecule has 0 radical (unpaired) electrons. The topological polar surface area (TPSA) is 68.0 Å². The number of anilines is 2. The molecule has 0 fully saturated rings. The Morgan fingerprint density at radius 1 is 1.35 bits per heavy atom. The van der Waals surface area contributed by atoms with E-state index >= 15 is 0 Å². The van der Waals surface area contributed by atoms with Crippen LogP contribution in [0.4, 0.5) is 11.5 Å². The molecule has 0 unspecified atom stereocenters. The molecule has 20 heavy (non-hydrogen) atoms. The molecule has 0 aliphatic heterocycles. The van der Waals surface area contributed by atoms with Crippen LogP contribution in [0.15, 0.2) is 28.7 Å². The van der Waals surface area contributed by atoms with Crippen molar-refractivity contribution in [3.63, 3.8) is 0 Å². The largest absolute Gasteiger partial charge is 0.399 e. The third-order valence-electron chi connectivity index (χ3n) is 2.56. The van der Waals surface area contributed by atoms with Gasteiger partial charge in [-0.1, -0.05) is 23.2 Å². The molecule has 1 heterocycles. The minimum absolute atomic E-state index is 0.159. The van der Waals surface area contributed by atoms with Crippen molar-refractivity contribution < 1.29 is 4.79 Å². The second-order valence-corrected chi connectivity index (χ2v) is 5.72. The first-order valence-electron chi connectivity index (χ1n) is 5.57. The summed E-state index contributed by atoms with van der Waals surface area (Å²) in [5.74, 6) is 0.00346. The molecule has 0 saturated heterocycles. The summed E-state index contributed by atoms with van der Waals surface area (Å²) in [5, 5.41) is 3.04. The minimum atomic E-state index is -0.418. The highest BCUT2D eigenvalue weighted by Crippen LogP contribution is 2.29. The Labute approximate surface area is 134 Å². The van der Waals surface area contributed by atoms with Crippen LogP contribution >= 0.6 is 39.1 Å². The second-order valence-electron chi connectivity index (χ2n) is 4.08. The van der Waals surface area contributed by atoms with Crippen molar-refractivity contribution in [3.8, 4) is 0 Å². The lowest BCUT2D eigenvalue weighted by molar-refractivity contribution is 0.102. The van der Waals surface area contributed by atoms with Crippen LogP contribution in [0.3, 0.4) is 0 Å². The predicted octanol–water partition coefficient (Wildman–Crippen LogP) is 4.29. The molecule has 0 aliphatic carbocycles. The van der Waals surface area contributed by atoms with Crippen molar-refractivity contribution in [1.82, 2.24) is 4.98 Å². The van der Waals surface area contributed by atoms with Crippen LogP contribution in [0, 0.1) is 6.92 Å². The van der Waals surface area contributed by atoms with Crippen LogP contribution in [0.25, 0.3) is 0 Å². The highest BCUT2D eigenvalue weighted by molar-refractivity contribution is 9.10. The maximum atomic E-state index is 12.2. The molecule has 1 aromatic carbocycles. The zero-order chi connectivity index (χ0) is 14.9. The summed E-state index contributed by atoms with van der Waals surface area (Å²) in [5.41, 5.74) is 6.99. The normalized spacial score (nSPS) is 10.4. The van der Waals surface area contributed by atoms with Gasteiger partial charge in [0.1, 0.15) is 5.82 Å². The molecule has 1 amide bonds. The van der Waals surface area contributed by atoms with Crippen molar-refractivity contribution in [2.45, 2.75) is 6.92 Å². The molecule has 0 atom stereocenters. The number of benzene rings is 1. The monoisotopic (exact) mass is 373 g/mol. The van der Waals surface area contributed by atoms with Crippen LogP contribution in [-0.4, -0.2) is 10.9 Å². The van der Waals surface area contributed by atoms with Crippen molar-refractivity contribution in [2.24, 2.45) is 0 Å². The zero-order valence-corrected chi connectivity index (χ0v) is 13.5. The van der Waals surface area contributed by atoms with Gasteiger partial charge in [0.05, 0.1) is 21.3 Å². The first kappa shape index (κ1) is 15.1. The molecule has 2 rings (SSSR count). The highest BCUT2D eigenvalue weighted by atomic mass is 79.9. The van der Waals surface area contributed by atoms with Crippen LogP contribution < -0.4 is 11.1 Å². The maximum absolute atomic E-state index is 12.2. The fraction of sp³-hybridized carbons (Fsp3) is 0.0769. The summed E-state index contributed by atoms with van der Waals surface area (Å²) < 4.78 is 0.862. The van der Waals surface area contributed by atoms with E-state index in [-0.39, 0.29) is 15.6 Å². The SMILES string of the molecule is Cc1nc(NC(=O)c2cc(N)cc(Cl)c2Cl)ccc1Br. The quantitative estimate of drug-likeness (QED) is 0.770. The number of halogens is 3. The van der Waals surface area contributed by atoms with Crippen LogP contribution in [0.5, 0.6) is 0 Å². The predicted molar refractivity (Wildman–Crippen MR) is 85.5 cm³/mol. The first-order valence-corrected chi connectivity index (χ1v) is 7.12. The average Bonchev–Trinajstić information content (AvgIpc) is 2.38. The number of nitrogens with zero attached hydrogens (tertiary/aromatic N) is 1. The van der Waals surface area contributed by atoms with E-state index in [1.165, 1.54) is 12.1 Å². The van der Waals surface area contributed by atoms with E-state index < -0.39 is 5.91 Å². The Kier molecular flexibility index (Phi) is 4.52. The number of amides is 1. The van der Waals surface area contributed by atoms with E-state index in [0.29, 0.717) is 11.5 Å². The second kappa shape index (κ2) is 5.99. The summed E-state index contributed by atoms with van der Waals surface area (Å²) in [6.45, 7) is 1.82. The van der Waals surface area contributed by atoms with Gasteiger partial charge in [-0.3, -0.25) is 4.79 Å². The average molecular weight is 375 g/mol. The number of hydrogen-bond donors (Lipinski definition) is 2. The number of nitrogens with one attached hydrogen (secondary N) is 1. The number of carbonyl (C=O) groups is 1. The van der Waals surface area contributed by atoms with Crippen molar-refractivity contribution in [2.75, 3.05) is 11.1 Å². The summed E-state index contributed by atoms with van der Waals surface area (Å²) in [6.07, 6.45) is 0. The standard InChI is InChI=1S/C13H10BrCl2N3O/c1-6-9(14)2-3-11(18-6)19-13(20)8-4-7(17)5-10(15)12(8)16/h2-5H,17H2,1H3,(H,18,19,20). The molecule has 0 spiro atoms. The Hall–Kier alpha value is -1.30. The van der Waals surface area contributed by atoms with Crippen LogP contribution in [-0.2, 0) is 0 Å². The number of hydrogen-bond acceptors (Lipinski definition) is 3. The number of nitrogens with two attached hydrogens (primary N) is 1. The lowest BCUT2D eigenvalue weighted by Gasteiger charge is -2.09. The molecule has 7 heteroatoms. The van der Waals surface area contributed by atoms with Gasteiger partial charge in [0.15, 0.2) is 0 Å². The van der Waals surface area contributed by atoms with Gasteiger partial charge >= 0.3 is 0 Å². The summed E-state index contributed by atoms with van der Waals surface area (Å²) in [6, 6.07) is 6.43. The third kappa shape index (κ3) is 3.23. The van der Waals surface area contributed by atoms with E-state index in [2.05, 4.69) is 26.2 Å². The van der Waals surface area contributed by atoms with E-state index in [1.807, 2.05) is 6.92 Å². The summed E-state index contributed by atoms with van der Waals surface area (Å²) in [4.78, 5) is 16.4. The van der Waals surface area contributed by atoms with Gasteiger partial charge in [-0.25, -0.2) is 4.98 Å². The fourth-order valence-corrected chi connectivity index (χ4v) is 2.22. The number of aromatic nitrogens is 1. The molecule has 0 saturated carbocycles. The third-order valence-corrected chi connectivity index (χ3v) is 4.20. The van der Waals surface area contributed by atoms with Gasteiger partial charge in [0.25, 0.3) is 5.91 Å². The summed E-state index contributed by atoms with van der Waals surface area (Å²) in [7, 11) is 0. The summed E-state index contributed by atoms with van der Waals surface area (Å²) >= 11 is 15.2. The van der Waals surface area contributed by atoms with Gasteiger partial charge in [0.2, 0.25) is 0 Å². The van der Waals surface area contributed by atoms with E-state index in [1.54, 1.807) is 12.1 Å². The Bertz CT molecular complexity index is 692. The molecule has 104 valence electrons. The minimum Gasteiger partial charge on any atom is -0.399 e. The van der Waals surface area contributed by atoms with Crippen LogP contribution in [0.2, 0.25) is 10.0 Å². The molecule has 1 aromatic heterocycles. The number of carbonyl (C=O) groups excluding carboxylic acids is 1. The molecular formula is C13H10BrCl2N3O.